The predicted octanol–water partition coefficient (Wildman–Crippen LogP) is 3.24. The fraction of sp³-hybridized carbons (Fsp3) is 0.133. The van der Waals surface area contributed by atoms with E-state index in [1.54, 1.807) is 44.2 Å². The van der Waals surface area contributed by atoms with Crippen molar-refractivity contribution in [1.82, 2.24) is 5.16 Å². The minimum Gasteiger partial charge on any atom is -0.506 e. The van der Waals surface area contributed by atoms with Crippen LogP contribution in [0.5, 0.6) is 0 Å². The number of hydrogen-bond donors (Lipinski definition) is 1. The number of Topliss-reactive ketones (excluding diaryl/α,β-unsaturated/α-hetero) is 1. The van der Waals surface area contributed by atoms with Crippen molar-refractivity contribution in [3.05, 3.63) is 52.8 Å². The van der Waals surface area contributed by atoms with E-state index in [1.807, 2.05) is 0 Å². The van der Waals surface area contributed by atoms with Crippen LogP contribution in [0.25, 0.3) is 5.76 Å². The number of aliphatic hydroxyl groups is 1. The summed E-state index contributed by atoms with van der Waals surface area (Å²) in [6.07, 6.45) is 0. The summed E-state index contributed by atoms with van der Waals surface area (Å²) in [6.45, 7) is 3.42. The smallest absolute Gasteiger partial charge is 0.199 e. The Morgan fingerprint density at radius 1 is 1.30 bits per heavy atom. The van der Waals surface area contributed by atoms with Gasteiger partial charge in [-0.15, -0.1) is 0 Å². The molecule has 0 fully saturated rings. The summed E-state index contributed by atoms with van der Waals surface area (Å²) >= 11 is 0. The summed E-state index contributed by atoms with van der Waals surface area (Å²) in [5.41, 5.74) is 1.66. The first-order chi connectivity index (χ1) is 9.58. The minimum absolute atomic E-state index is 0.0351. The molecule has 5 heteroatoms. The summed E-state index contributed by atoms with van der Waals surface area (Å²) in [6, 6.07) is 8.60. The van der Waals surface area contributed by atoms with Gasteiger partial charge >= 0.3 is 0 Å². The first kappa shape index (κ1) is 12.3. The topological polar surface area (TPSA) is 75.7 Å². The van der Waals surface area contributed by atoms with E-state index in [2.05, 4.69) is 10.1 Å². The van der Waals surface area contributed by atoms with Crippen LogP contribution in [0.3, 0.4) is 0 Å². The number of rotatable bonds is 2. The monoisotopic (exact) mass is 268 g/mol. The molecule has 0 spiro atoms. The average molecular weight is 268 g/mol. The van der Waals surface area contributed by atoms with Gasteiger partial charge in [0.25, 0.3) is 0 Å². The molecule has 0 unspecified atom stereocenters. The van der Waals surface area contributed by atoms with E-state index in [0.717, 1.165) is 0 Å². The Hall–Kier alpha value is -2.69. The van der Waals surface area contributed by atoms with Crippen LogP contribution in [0.1, 0.15) is 28.6 Å². The molecule has 0 amide bonds. The number of ketones is 1. The maximum Gasteiger partial charge on any atom is 0.199 e. The van der Waals surface area contributed by atoms with Crippen LogP contribution in [0.15, 0.2) is 45.4 Å². The summed E-state index contributed by atoms with van der Waals surface area (Å²) in [5, 5.41) is 13.9. The maximum atomic E-state index is 12.3. The van der Waals surface area contributed by atoms with Crippen LogP contribution < -0.4 is 0 Å². The Kier molecular flexibility index (Phi) is 2.75. The second-order valence-corrected chi connectivity index (χ2v) is 4.59. The van der Waals surface area contributed by atoms with E-state index in [4.69, 9.17) is 4.52 Å². The van der Waals surface area contributed by atoms with Crippen molar-refractivity contribution in [1.29, 1.82) is 0 Å². The molecule has 20 heavy (non-hydrogen) atoms. The van der Waals surface area contributed by atoms with Gasteiger partial charge in [0, 0.05) is 17.2 Å². The molecule has 0 saturated heterocycles. The lowest BCUT2D eigenvalue weighted by Gasteiger charge is -1.99. The molecular formula is C15H12N2O3. The van der Waals surface area contributed by atoms with E-state index in [0.29, 0.717) is 28.4 Å². The fourth-order valence-electron chi connectivity index (χ4n) is 2.23. The molecule has 1 heterocycles. The van der Waals surface area contributed by atoms with Crippen LogP contribution in [0.4, 0.5) is 5.82 Å². The standard InChI is InChI=1S/C15H12N2O3/c1-8-7-12(17-20-8)16-9(2)13-14(18)10-5-3-4-6-11(10)15(13)19/h3-7,18H,1-2H3. The lowest BCUT2D eigenvalue weighted by molar-refractivity contribution is 0.104. The number of fused-ring (bicyclic) bond motifs is 1. The molecule has 2 aromatic rings. The normalized spacial score (nSPS) is 14.9. The number of allylic oxidation sites excluding steroid dienone is 1. The quantitative estimate of drug-likeness (QED) is 0.848. The van der Waals surface area contributed by atoms with E-state index in [-0.39, 0.29) is 17.1 Å². The zero-order chi connectivity index (χ0) is 14.3. The molecule has 1 aliphatic rings. The van der Waals surface area contributed by atoms with Crippen molar-refractivity contribution in [3.8, 4) is 0 Å². The molecule has 0 atom stereocenters. The van der Waals surface area contributed by atoms with Crippen LogP contribution in [-0.2, 0) is 0 Å². The third-order valence-corrected chi connectivity index (χ3v) is 3.15. The molecule has 1 N–H and O–H groups in total. The Balaban J connectivity index is 2.05. The highest BCUT2D eigenvalue weighted by Crippen LogP contribution is 2.32. The van der Waals surface area contributed by atoms with Gasteiger partial charge in [0.2, 0.25) is 0 Å². The molecule has 100 valence electrons. The average Bonchev–Trinajstić information content (AvgIpc) is 2.93. The maximum absolute atomic E-state index is 12.3. The molecule has 0 bridgehead atoms. The van der Waals surface area contributed by atoms with Crippen LogP contribution >= 0.6 is 0 Å². The zero-order valence-corrected chi connectivity index (χ0v) is 11.0. The van der Waals surface area contributed by atoms with Crippen LogP contribution in [-0.4, -0.2) is 21.8 Å². The zero-order valence-electron chi connectivity index (χ0n) is 11.0. The highest BCUT2D eigenvalue weighted by atomic mass is 16.5. The van der Waals surface area contributed by atoms with Gasteiger partial charge in [-0.25, -0.2) is 4.99 Å². The molecule has 3 rings (SSSR count). The van der Waals surface area contributed by atoms with Gasteiger partial charge in [-0.1, -0.05) is 29.4 Å². The largest absolute Gasteiger partial charge is 0.506 e. The van der Waals surface area contributed by atoms with Crippen molar-refractivity contribution in [2.45, 2.75) is 13.8 Å². The van der Waals surface area contributed by atoms with Gasteiger partial charge in [0.1, 0.15) is 11.5 Å². The Morgan fingerprint density at radius 2 is 2.00 bits per heavy atom. The summed E-state index contributed by atoms with van der Waals surface area (Å²) in [7, 11) is 0. The molecule has 1 aromatic heterocycles. The van der Waals surface area contributed by atoms with E-state index >= 15 is 0 Å². The van der Waals surface area contributed by atoms with Crippen molar-refractivity contribution in [2.24, 2.45) is 4.99 Å². The molecule has 0 saturated carbocycles. The number of benzene rings is 1. The van der Waals surface area contributed by atoms with E-state index in [9.17, 15) is 9.90 Å². The highest BCUT2D eigenvalue weighted by molar-refractivity contribution is 6.35. The Labute approximate surface area is 115 Å². The summed E-state index contributed by atoms with van der Waals surface area (Å²) < 4.78 is 4.92. The van der Waals surface area contributed by atoms with Crippen LogP contribution in [0.2, 0.25) is 0 Å². The number of nitrogens with zero attached hydrogens (tertiary/aromatic N) is 2. The predicted molar refractivity (Wildman–Crippen MR) is 74.3 cm³/mol. The third kappa shape index (κ3) is 1.84. The SMILES string of the molecule is CC(=Nc1cc(C)on1)C1=C(O)c2ccccc2C1=O. The van der Waals surface area contributed by atoms with Crippen LogP contribution in [0, 0.1) is 6.92 Å². The second-order valence-electron chi connectivity index (χ2n) is 4.59. The van der Waals surface area contributed by atoms with Gasteiger partial charge < -0.3 is 9.63 Å². The number of hydrogen-bond acceptors (Lipinski definition) is 5. The van der Waals surface area contributed by atoms with Gasteiger partial charge in [-0.3, -0.25) is 4.79 Å². The van der Waals surface area contributed by atoms with Crippen molar-refractivity contribution >= 4 is 23.1 Å². The highest BCUT2D eigenvalue weighted by Gasteiger charge is 2.30. The molecule has 0 aliphatic heterocycles. The van der Waals surface area contributed by atoms with Gasteiger partial charge in [0.15, 0.2) is 11.6 Å². The van der Waals surface area contributed by atoms with Gasteiger partial charge in [-0.05, 0) is 13.8 Å². The van der Waals surface area contributed by atoms with Crippen molar-refractivity contribution in [3.63, 3.8) is 0 Å². The summed E-state index contributed by atoms with van der Waals surface area (Å²) in [4.78, 5) is 16.5. The van der Waals surface area contributed by atoms with E-state index in [1.165, 1.54) is 0 Å². The molecule has 5 nitrogen and oxygen atoms in total. The van der Waals surface area contributed by atoms with Gasteiger partial charge in [-0.2, -0.15) is 0 Å². The second kappa shape index (κ2) is 4.45. The Bertz CT molecular complexity index is 769. The third-order valence-electron chi connectivity index (χ3n) is 3.15. The lowest BCUT2D eigenvalue weighted by Crippen LogP contribution is -2.07. The number of carbonyl (C=O) groups is 1. The number of aliphatic hydroxyl groups excluding tert-OH is 1. The van der Waals surface area contributed by atoms with Crippen molar-refractivity contribution < 1.29 is 14.4 Å². The fourth-order valence-corrected chi connectivity index (χ4v) is 2.23. The number of carbonyl (C=O) groups excluding carboxylic acids is 1. The Morgan fingerprint density at radius 3 is 2.60 bits per heavy atom. The lowest BCUT2D eigenvalue weighted by atomic mass is 10.1. The van der Waals surface area contributed by atoms with E-state index < -0.39 is 0 Å². The summed E-state index contributed by atoms with van der Waals surface area (Å²) in [5.74, 6) is 0.756. The molecule has 0 radical (unpaired) electrons. The van der Waals surface area contributed by atoms with Crippen molar-refractivity contribution in [2.75, 3.05) is 0 Å². The number of aryl methyl sites for hydroxylation is 1. The molecule has 1 aliphatic carbocycles. The van der Waals surface area contributed by atoms with Gasteiger partial charge in [0.05, 0.1) is 11.3 Å². The number of aromatic nitrogens is 1. The first-order valence-electron chi connectivity index (χ1n) is 6.14. The minimum atomic E-state index is -0.223. The molecule has 1 aromatic carbocycles. The molecular weight excluding hydrogens is 256 g/mol. The number of aliphatic imine (C=N–C) groups is 1. The first-order valence-corrected chi connectivity index (χ1v) is 6.14.